The second-order valence-corrected chi connectivity index (χ2v) is 17.6. The van der Waals surface area contributed by atoms with Crippen molar-refractivity contribution in [3.63, 3.8) is 0 Å². The fourth-order valence-electron chi connectivity index (χ4n) is 9.61. The summed E-state index contributed by atoms with van der Waals surface area (Å²) in [4.78, 5) is 33.4. The summed E-state index contributed by atoms with van der Waals surface area (Å²) in [7, 11) is -2.08. The molecule has 10 nitrogen and oxygen atoms in total. The topological polar surface area (TPSA) is 103 Å². The summed E-state index contributed by atoms with van der Waals surface area (Å²) >= 11 is 0. The monoisotopic (exact) mass is 721 g/mol. The van der Waals surface area contributed by atoms with E-state index in [2.05, 4.69) is 32.7 Å². The number of halogens is 1. The van der Waals surface area contributed by atoms with Crippen LogP contribution in [0.25, 0.3) is 0 Å². The average molecular weight is 722 g/mol. The Balaban J connectivity index is 0.981. The van der Waals surface area contributed by atoms with Gasteiger partial charge in [-0.25, -0.2) is 17.6 Å². The van der Waals surface area contributed by atoms with Crippen LogP contribution in [0, 0.1) is 23.6 Å². The van der Waals surface area contributed by atoms with Gasteiger partial charge in [-0.2, -0.15) is 0 Å². The number of likely N-dealkylation sites (tertiary alicyclic amines) is 3. The number of carbonyl (C=O) groups is 2. The van der Waals surface area contributed by atoms with E-state index in [0.717, 1.165) is 95.7 Å². The highest BCUT2D eigenvalue weighted by atomic mass is 32.2. The van der Waals surface area contributed by atoms with E-state index in [-0.39, 0.29) is 42.2 Å². The van der Waals surface area contributed by atoms with Gasteiger partial charge in [0, 0.05) is 62.3 Å². The molecule has 0 aromatic heterocycles. The lowest BCUT2D eigenvalue weighted by atomic mass is 9.57. The predicted molar refractivity (Wildman–Crippen MR) is 195 cm³/mol. The van der Waals surface area contributed by atoms with Gasteiger partial charge in [0.05, 0.1) is 12.0 Å². The Hall–Kier alpha value is -3.48. The first-order valence-corrected chi connectivity index (χ1v) is 20.2. The van der Waals surface area contributed by atoms with E-state index in [0.29, 0.717) is 16.7 Å². The van der Waals surface area contributed by atoms with Gasteiger partial charge in [0.15, 0.2) is 9.84 Å². The van der Waals surface area contributed by atoms with Crippen molar-refractivity contribution in [2.24, 2.45) is 17.8 Å². The second kappa shape index (κ2) is 14.9. The number of carbonyl (C=O) groups excluding carboxylic acids is 2. The number of nitrogens with zero attached hydrogens (tertiary/aromatic N) is 4. The van der Waals surface area contributed by atoms with Crippen molar-refractivity contribution in [1.82, 2.24) is 20.0 Å². The molecule has 5 aliphatic rings. The Kier molecular flexibility index (Phi) is 10.5. The van der Waals surface area contributed by atoms with Crippen LogP contribution in [0.1, 0.15) is 44.1 Å². The van der Waals surface area contributed by atoms with Gasteiger partial charge >= 0.3 is 6.09 Å². The molecule has 0 spiro atoms. The van der Waals surface area contributed by atoms with Gasteiger partial charge in [0.1, 0.15) is 11.1 Å². The van der Waals surface area contributed by atoms with E-state index in [1.54, 1.807) is 18.2 Å². The van der Waals surface area contributed by atoms with Gasteiger partial charge in [-0.1, -0.05) is 25.1 Å². The van der Waals surface area contributed by atoms with E-state index < -0.39 is 21.2 Å². The fraction of sp³-hybridized carbons (Fsp3) is 0.590. The molecule has 1 saturated carbocycles. The van der Waals surface area contributed by atoms with Gasteiger partial charge in [-0.15, -0.1) is 0 Å². The first-order valence-electron chi connectivity index (χ1n) is 18.7. The molecule has 0 bridgehead atoms. The van der Waals surface area contributed by atoms with Crippen LogP contribution < -0.4 is 10.2 Å². The number of sulfone groups is 1. The maximum atomic E-state index is 15.0. The molecule has 2 amide bonds. The number of rotatable bonds is 12. The molecule has 4 saturated heterocycles. The van der Waals surface area contributed by atoms with E-state index >= 15 is 0 Å². The number of ether oxygens (including phenoxy) is 1. The van der Waals surface area contributed by atoms with Crippen molar-refractivity contribution in [3.05, 3.63) is 72.6 Å². The van der Waals surface area contributed by atoms with Gasteiger partial charge < -0.3 is 29.7 Å². The van der Waals surface area contributed by atoms with E-state index in [4.69, 9.17) is 4.74 Å². The Morgan fingerprint density at radius 2 is 1.69 bits per heavy atom. The van der Waals surface area contributed by atoms with Crippen LogP contribution in [-0.2, 0) is 24.8 Å². The number of alkyl carbamates (subject to hydrolysis) is 1. The highest BCUT2D eigenvalue weighted by Gasteiger charge is 2.53. The molecular formula is C39H52FN5O5S. The predicted octanol–water partition coefficient (Wildman–Crippen LogP) is 4.31. The highest BCUT2D eigenvalue weighted by Crippen LogP contribution is 2.51. The van der Waals surface area contributed by atoms with Gasteiger partial charge in [-0.05, 0) is 118 Å². The molecule has 7 rings (SSSR count). The molecule has 3 unspecified atom stereocenters. The minimum Gasteiger partial charge on any atom is -0.453 e. The molecule has 4 aliphatic heterocycles. The van der Waals surface area contributed by atoms with Gasteiger partial charge in [0.25, 0.3) is 0 Å². The number of benzene rings is 2. The van der Waals surface area contributed by atoms with E-state index in [9.17, 15) is 22.4 Å². The summed E-state index contributed by atoms with van der Waals surface area (Å²) < 4.78 is 46.2. The summed E-state index contributed by atoms with van der Waals surface area (Å²) in [6.45, 7) is 11.8. The van der Waals surface area contributed by atoms with Crippen LogP contribution >= 0.6 is 0 Å². The lowest BCUT2D eigenvalue weighted by molar-refractivity contribution is -0.129. The number of amides is 2. The van der Waals surface area contributed by atoms with E-state index in [1.807, 2.05) is 18.2 Å². The zero-order valence-corrected chi connectivity index (χ0v) is 30.5. The summed E-state index contributed by atoms with van der Waals surface area (Å²) in [5, 5.41) is 2.60. The van der Waals surface area contributed by atoms with Crippen molar-refractivity contribution in [2.75, 3.05) is 77.5 Å². The summed E-state index contributed by atoms with van der Waals surface area (Å²) in [6, 6.07) is 14.5. The first-order chi connectivity index (χ1) is 24.6. The third kappa shape index (κ3) is 7.15. The van der Waals surface area contributed by atoms with Crippen LogP contribution in [0.2, 0.25) is 0 Å². The van der Waals surface area contributed by atoms with Crippen LogP contribution in [0.15, 0.2) is 66.1 Å². The van der Waals surface area contributed by atoms with Gasteiger partial charge in [-0.3, -0.25) is 4.79 Å². The summed E-state index contributed by atoms with van der Waals surface area (Å²) in [5.41, 5.74) is 1.82. The minimum atomic E-state index is -3.49. The number of anilines is 1. The molecule has 5 fully saturated rings. The third-order valence-corrected chi connectivity index (χ3v) is 14.7. The standard InChI is InChI=1S/C39H52FN5O5S/c1-3-37(46)45-25-34(26-45)51(48,49)33-13-11-32(12-14-33)44-23-28(24-44)22-42-19-15-29(16-20-42)39(27-43-17-6-18-43,30-7-4-8-31(40)21-30)35-9-5-10-36(35)41-38(47)50-2/h3-4,7-8,11-14,21,28-29,34-36H,1,5-6,9-10,15-20,22-27H2,2H3,(H,41,47). The molecule has 4 heterocycles. The van der Waals surface area contributed by atoms with Crippen LogP contribution in [-0.4, -0.2) is 119 Å². The molecule has 3 atom stereocenters. The van der Waals surface area contributed by atoms with Gasteiger partial charge in [0.2, 0.25) is 5.91 Å². The maximum absolute atomic E-state index is 15.0. The first kappa shape index (κ1) is 35.9. The molecule has 1 aliphatic carbocycles. The number of hydrogen-bond donors (Lipinski definition) is 1. The SMILES string of the molecule is C=CC(=O)N1CC(S(=O)(=O)c2ccc(N3CC(CN4CCC(C(CN5CCC5)(c5cccc(F)c5)C5CCCC5NC(=O)OC)CC4)C3)cc2)C1. The normalized spacial score (nSPS) is 25.0. The van der Waals surface area contributed by atoms with E-state index in [1.165, 1.54) is 30.6 Å². The molecule has 276 valence electrons. The number of methoxy groups -OCH3 is 1. The lowest BCUT2D eigenvalue weighted by Crippen LogP contribution is -2.60. The molecule has 0 radical (unpaired) electrons. The van der Waals surface area contributed by atoms with Crippen LogP contribution in [0.4, 0.5) is 14.9 Å². The maximum Gasteiger partial charge on any atom is 0.407 e. The van der Waals surface area contributed by atoms with Crippen molar-refractivity contribution >= 4 is 27.5 Å². The van der Waals surface area contributed by atoms with Crippen molar-refractivity contribution < 1.29 is 27.1 Å². The average Bonchev–Trinajstić information content (AvgIpc) is 3.53. The van der Waals surface area contributed by atoms with Crippen LogP contribution in [0.5, 0.6) is 0 Å². The smallest absolute Gasteiger partial charge is 0.407 e. The number of hydrogen-bond acceptors (Lipinski definition) is 8. The van der Waals surface area contributed by atoms with Crippen molar-refractivity contribution in [2.45, 2.75) is 60.1 Å². The highest BCUT2D eigenvalue weighted by molar-refractivity contribution is 7.92. The fourth-order valence-corrected chi connectivity index (χ4v) is 11.3. The van der Waals surface area contributed by atoms with Crippen molar-refractivity contribution in [3.8, 4) is 0 Å². The Labute approximate surface area is 301 Å². The van der Waals surface area contributed by atoms with Crippen LogP contribution in [0.3, 0.4) is 0 Å². The molecular weight excluding hydrogens is 670 g/mol. The largest absolute Gasteiger partial charge is 0.453 e. The number of piperidine rings is 1. The number of nitrogens with one attached hydrogen (secondary N) is 1. The quantitative estimate of drug-likeness (QED) is 0.324. The molecule has 1 N–H and O–H groups in total. The second-order valence-electron chi connectivity index (χ2n) is 15.4. The lowest BCUT2D eigenvalue weighted by Gasteiger charge is -2.54. The molecule has 2 aromatic carbocycles. The zero-order valence-electron chi connectivity index (χ0n) is 29.7. The minimum absolute atomic E-state index is 0.00765. The molecule has 12 heteroatoms. The molecule has 51 heavy (non-hydrogen) atoms. The summed E-state index contributed by atoms with van der Waals surface area (Å²) in [5.74, 6) is 0.651. The Bertz CT molecular complexity index is 1680. The molecule has 2 aromatic rings. The zero-order chi connectivity index (χ0) is 35.8. The van der Waals surface area contributed by atoms with Crippen molar-refractivity contribution in [1.29, 1.82) is 0 Å². The Morgan fingerprint density at radius 1 is 0.961 bits per heavy atom. The Morgan fingerprint density at radius 3 is 2.31 bits per heavy atom. The summed E-state index contributed by atoms with van der Waals surface area (Å²) in [6.07, 6.45) is 7.00. The third-order valence-electron chi connectivity index (χ3n) is 12.6.